The number of hydrogen-bond acceptors (Lipinski definition) is 6. The molecule has 0 unspecified atom stereocenters. The fourth-order valence-corrected chi connectivity index (χ4v) is 5.78. The predicted molar refractivity (Wildman–Crippen MR) is 140 cm³/mol. The second kappa shape index (κ2) is 9.99. The summed E-state index contributed by atoms with van der Waals surface area (Å²) >= 11 is 0. The first kappa shape index (κ1) is 23.1. The summed E-state index contributed by atoms with van der Waals surface area (Å²) in [7, 11) is 0. The van der Waals surface area contributed by atoms with Crippen molar-refractivity contribution in [1.29, 1.82) is 5.41 Å². The highest BCUT2D eigenvalue weighted by Gasteiger charge is 2.29. The summed E-state index contributed by atoms with van der Waals surface area (Å²) in [5, 5.41) is 11.5. The number of aryl methyl sites for hydroxylation is 1. The summed E-state index contributed by atoms with van der Waals surface area (Å²) in [5.74, 6) is 2.43. The molecule has 2 N–H and O–H groups in total. The van der Waals surface area contributed by atoms with E-state index in [0.717, 1.165) is 104 Å². The molecular weight excluding hydrogens is 450 g/mol. The molecule has 0 bridgehead atoms. The van der Waals surface area contributed by atoms with Crippen LogP contribution in [-0.2, 0) is 11.2 Å². The Kier molecular flexibility index (Phi) is 6.42. The lowest BCUT2D eigenvalue weighted by molar-refractivity contribution is -0.133. The number of pyridine rings is 1. The van der Waals surface area contributed by atoms with Crippen molar-refractivity contribution in [2.45, 2.75) is 31.6 Å². The van der Waals surface area contributed by atoms with Gasteiger partial charge in [0.15, 0.2) is 0 Å². The molecule has 2 saturated heterocycles. The first-order chi connectivity index (χ1) is 17.7. The topological polar surface area (TPSA) is 85.5 Å². The molecule has 4 heterocycles. The molecule has 3 aromatic rings. The summed E-state index contributed by atoms with van der Waals surface area (Å²) in [6.45, 7) is 5.89. The number of benzene rings is 1. The Morgan fingerprint density at radius 3 is 2.53 bits per heavy atom. The number of piperidine rings is 1. The van der Waals surface area contributed by atoms with Crippen molar-refractivity contribution in [3.63, 3.8) is 0 Å². The van der Waals surface area contributed by atoms with Crippen LogP contribution in [-0.4, -0.2) is 72.2 Å². The molecular formula is C29H33N5O2. The quantitative estimate of drug-likeness (QED) is 0.574. The molecule has 6 rings (SSSR count). The van der Waals surface area contributed by atoms with Crippen LogP contribution in [0.15, 0.2) is 53.2 Å². The lowest BCUT2D eigenvalue weighted by atomic mass is 9.93. The predicted octanol–water partition coefficient (Wildman–Crippen LogP) is 3.93. The molecule has 2 fully saturated rings. The van der Waals surface area contributed by atoms with E-state index in [1.54, 1.807) is 0 Å². The third kappa shape index (κ3) is 4.61. The molecule has 36 heavy (non-hydrogen) atoms. The van der Waals surface area contributed by atoms with Gasteiger partial charge in [-0.25, -0.2) is 0 Å². The Hall–Kier alpha value is -3.29. The second-order valence-corrected chi connectivity index (χ2v) is 10.2. The van der Waals surface area contributed by atoms with Gasteiger partial charge in [0.2, 0.25) is 5.91 Å². The second-order valence-electron chi connectivity index (χ2n) is 10.2. The summed E-state index contributed by atoms with van der Waals surface area (Å²) in [4.78, 5) is 21.3. The summed E-state index contributed by atoms with van der Waals surface area (Å²) in [6, 6.07) is 12.6. The molecule has 2 aromatic heterocycles. The Morgan fingerprint density at radius 2 is 1.75 bits per heavy atom. The van der Waals surface area contributed by atoms with Crippen LogP contribution in [0.5, 0.6) is 0 Å². The van der Waals surface area contributed by atoms with Crippen molar-refractivity contribution in [2.75, 3.05) is 45.8 Å². The summed E-state index contributed by atoms with van der Waals surface area (Å²) in [6.07, 6.45) is 7.19. The molecule has 7 nitrogen and oxygen atoms in total. The summed E-state index contributed by atoms with van der Waals surface area (Å²) in [5.41, 5.74) is 6.25. The normalized spacial score (nSPS) is 19.0. The van der Waals surface area contributed by atoms with Gasteiger partial charge in [0.05, 0.1) is 6.54 Å². The Morgan fingerprint density at radius 1 is 0.972 bits per heavy atom. The minimum Gasteiger partial charge on any atom is -0.460 e. The van der Waals surface area contributed by atoms with Crippen molar-refractivity contribution in [3.8, 4) is 22.5 Å². The molecule has 1 aromatic carbocycles. The van der Waals surface area contributed by atoms with Gasteiger partial charge in [-0.3, -0.25) is 14.7 Å². The number of likely N-dealkylation sites (tertiary alicyclic amines) is 1. The Balaban J connectivity index is 1.22. The highest BCUT2D eigenvalue weighted by molar-refractivity contribution is 6.03. The number of nitrogens with one attached hydrogen (secondary N) is 2. The van der Waals surface area contributed by atoms with E-state index in [1.165, 1.54) is 5.56 Å². The third-order valence-electron chi connectivity index (χ3n) is 7.90. The van der Waals surface area contributed by atoms with Gasteiger partial charge < -0.3 is 20.0 Å². The molecule has 0 atom stereocenters. The Labute approximate surface area is 212 Å². The minimum absolute atomic E-state index is 0.247. The standard InChI is InChI=1S/C29H33N5O2/c30-26-4-2-22-17-23(1-3-24(22)26)29-25(20-5-9-31-10-6-20)18-27(36-29)21-7-13-34(14-8-21)28(35)19-33-15-11-32-12-16-33/h1,3,5-6,9-10,17-18,21,30,32H,2,4,7-8,11-16,19H2. The molecule has 0 radical (unpaired) electrons. The third-order valence-corrected chi connectivity index (χ3v) is 7.90. The SMILES string of the molecule is N=C1CCc2cc(-c3oc(C4CCN(C(=O)CN5CCNCC5)CC4)cc3-c3ccncc3)ccc21. The van der Waals surface area contributed by atoms with Gasteiger partial charge in [0, 0.05) is 74.4 Å². The van der Waals surface area contributed by atoms with E-state index in [9.17, 15) is 4.79 Å². The van der Waals surface area contributed by atoms with Crippen LogP contribution in [0.3, 0.4) is 0 Å². The number of carbonyl (C=O) groups excluding carboxylic acids is 1. The largest absolute Gasteiger partial charge is 0.460 e. The summed E-state index contributed by atoms with van der Waals surface area (Å²) < 4.78 is 6.61. The van der Waals surface area contributed by atoms with Crippen molar-refractivity contribution in [3.05, 3.63) is 65.7 Å². The zero-order valence-electron chi connectivity index (χ0n) is 20.6. The number of rotatable bonds is 5. The molecule has 2 aliphatic heterocycles. The van der Waals surface area contributed by atoms with Gasteiger partial charge in [-0.15, -0.1) is 0 Å². The van der Waals surface area contributed by atoms with Gasteiger partial charge >= 0.3 is 0 Å². The van der Waals surface area contributed by atoms with E-state index in [-0.39, 0.29) is 5.91 Å². The number of aromatic nitrogens is 1. The fraction of sp³-hybridized carbons (Fsp3) is 0.414. The van der Waals surface area contributed by atoms with Gasteiger partial charge in [0.1, 0.15) is 11.5 Å². The maximum Gasteiger partial charge on any atom is 0.236 e. The average Bonchev–Trinajstić information content (AvgIpc) is 3.54. The first-order valence-electron chi connectivity index (χ1n) is 13.1. The average molecular weight is 484 g/mol. The number of nitrogens with zero attached hydrogens (tertiary/aromatic N) is 3. The molecule has 3 aliphatic rings. The van der Waals surface area contributed by atoms with Gasteiger partial charge in [-0.1, -0.05) is 12.1 Å². The Bertz CT molecular complexity index is 1250. The van der Waals surface area contributed by atoms with Gasteiger partial charge in [-0.2, -0.15) is 0 Å². The number of carbonyl (C=O) groups is 1. The molecule has 186 valence electrons. The lowest BCUT2D eigenvalue weighted by Crippen LogP contribution is -2.49. The fourth-order valence-electron chi connectivity index (χ4n) is 5.78. The van der Waals surface area contributed by atoms with Crippen LogP contribution >= 0.6 is 0 Å². The highest BCUT2D eigenvalue weighted by Crippen LogP contribution is 2.41. The monoisotopic (exact) mass is 483 g/mol. The van der Waals surface area contributed by atoms with Crippen LogP contribution in [0.2, 0.25) is 0 Å². The highest BCUT2D eigenvalue weighted by atomic mass is 16.3. The molecule has 0 saturated carbocycles. The van der Waals surface area contributed by atoms with E-state index in [2.05, 4.69) is 39.5 Å². The van der Waals surface area contributed by atoms with Crippen molar-refractivity contribution in [1.82, 2.24) is 20.1 Å². The van der Waals surface area contributed by atoms with Crippen LogP contribution in [0.1, 0.15) is 42.1 Å². The number of piperazine rings is 1. The lowest BCUT2D eigenvalue weighted by Gasteiger charge is -2.34. The van der Waals surface area contributed by atoms with Crippen molar-refractivity contribution in [2.24, 2.45) is 0 Å². The zero-order valence-corrected chi connectivity index (χ0v) is 20.6. The van der Waals surface area contributed by atoms with Crippen LogP contribution in [0.4, 0.5) is 0 Å². The van der Waals surface area contributed by atoms with Crippen molar-refractivity contribution >= 4 is 11.6 Å². The molecule has 1 aliphatic carbocycles. The minimum atomic E-state index is 0.247. The molecule has 0 spiro atoms. The van der Waals surface area contributed by atoms with E-state index in [0.29, 0.717) is 12.5 Å². The number of amides is 1. The molecule has 7 heteroatoms. The number of hydrogen-bond donors (Lipinski definition) is 2. The van der Waals surface area contributed by atoms with E-state index >= 15 is 0 Å². The maximum atomic E-state index is 12.9. The first-order valence-corrected chi connectivity index (χ1v) is 13.1. The van der Waals surface area contributed by atoms with Gasteiger partial charge in [-0.05, 0) is 66.6 Å². The van der Waals surface area contributed by atoms with Crippen molar-refractivity contribution < 1.29 is 9.21 Å². The smallest absolute Gasteiger partial charge is 0.236 e. The number of fused-ring (bicyclic) bond motifs is 1. The van der Waals surface area contributed by atoms with Crippen LogP contribution < -0.4 is 5.32 Å². The molecule has 1 amide bonds. The van der Waals surface area contributed by atoms with Gasteiger partial charge in [0.25, 0.3) is 0 Å². The number of furan rings is 1. The van der Waals surface area contributed by atoms with E-state index in [1.807, 2.05) is 29.4 Å². The van der Waals surface area contributed by atoms with Crippen LogP contribution in [0, 0.1) is 5.41 Å². The maximum absolute atomic E-state index is 12.9. The van der Waals surface area contributed by atoms with Crippen LogP contribution in [0.25, 0.3) is 22.5 Å². The van der Waals surface area contributed by atoms with E-state index < -0.39 is 0 Å². The van der Waals surface area contributed by atoms with E-state index in [4.69, 9.17) is 9.83 Å². The zero-order chi connectivity index (χ0) is 24.5.